The number of sulfonamides is 1. The van der Waals surface area contributed by atoms with Gasteiger partial charge in [-0.1, -0.05) is 13.3 Å². The second-order valence-electron chi connectivity index (χ2n) is 9.81. The average Bonchev–Trinajstić information content (AvgIpc) is 3.47. The van der Waals surface area contributed by atoms with Gasteiger partial charge in [0, 0.05) is 50.3 Å². The van der Waals surface area contributed by atoms with Gasteiger partial charge in [-0.25, -0.2) is 13.1 Å². The van der Waals surface area contributed by atoms with Crippen molar-refractivity contribution in [1.82, 2.24) is 14.5 Å². The number of ether oxygens (including phenoxy) is 2. The largest absolute Gasteiger partial charge is 0.481 e. The number of carboxylic acid groups (broad SMARTS) is 1. The Balaban J connectivity index is 1.92. The van der Waals surface area contributed by atoms with E-state index in [4.69, 9.17) is 9.47 Å². The minimum atomic E-state index is -3.48. The molecule has 1 saturated heterocycles. The molecule has 3 rings (SSSR count). The number of hydrogen-bond acceptors (Lipinski definition) is 9. The van der Waals surface area contributed by atoms with Crippen molar-refractivity contribution in [2.75, 3.05) is 52.4 Å². The van der Waals surface area contributed by atoms with Crippen molar-refractivity contribution in [3.05, 3.63) is 23.3 Å². The van der Waals surface area contributed by atoms with Crippen molar-refractivity contribution in [3.8, 4) is 11.5 Å². The molecule has 0 unspecified atom stereocenters. The molecule has 0 spiro atoms. The van der Waals surface area contributed by atoms with Gasteiger partial charge < -0.3 is 29.7 Å². The Kier molecular flexibility index (Phi) is 10.7. The van der Waals surface area contributed by atoms with E-state index in [9.17, 15) is 33.3 Å². The fourth-order valence-electron chi connectivity index (χ4n) is 5.27. The van der Waals surface area contributed by atoms with E-state index in [0.29, 0.717) is 42.1 Å². The molecule has 13 heteroatoms. The number of carbonyl (C=O) groups excluding carboxylic acids is 1. The highest BCUT2D eigenvalue weighted by Crippen LogP contribution is 2.44. The van der Waals surface area contributed by atoms with Gasteiger partial charge >= 0.3 is 5.97 Å². The molecule has 12 nitrogen and oxygen atoms in total. The van der Waals surface area contributed by atoms with E-state index in [1.807, 2.05) is 11.8 Å². The first-order chi connectivity index (χ1) is 18.1. The zero-order valence-corrected chi connectivity index (χ0v) is 22.8. The molecule has 2 aliphatic rings. The van der Waals surface area contributed by atoms with Crippen molar-refractivity contribution in [2.45, 2.75) is 51.2 Å². The molecule has 1 amide bonds. The number of likely N-dealkylation sites (tertiary alicyclic amines) is 1. The summed E-state index contributed by atoms with van der Waals surface area (Å²) in [5.74, 6) is -1.84. The summed E-state index contributed by atoms with van der Waals surface area (Å²) in [4.78, 5) is 29.4. The zero-order valence-electron chi connectivity index (χ0n) is 22.0. The highest BCUT2D eigenvalue weighted by molar-refractivity contribution is 7.88. The number of amides is 1. The molecule has 3 atom stereocenters. The molecular formula is C25H39N3O9S. The third-order valence-electron chi connectivity index (χ3n) is 7.07. The number of aliphatic carboxylic acids is 1. The van der Waals surface area contributed by atoms with E-state index >= 15 is 0 Å². The van der Waals surface area contributed by atoms with Crippen LogP contribution < -0.4 is 14.2 Å². The number of rotatable bonds is 15. The molecule has 1 aromatic carbocycles. The quantitative estimate of drug-likeness (QED) is 0.236. The first-order valence-corrected chi connectivity index (χ1v) is 14.8. The fourth-order valence-corrected chi connectivity index (χ4v) is 5.75. The maximum atomic E-state index is 13.3. The summed E-state index contributed by atoms with van der Waals surface area (Å²) in [7, 11) is -3.48. The number of nitrogens with zero attached hydrogens (tertiary/aromatic N) is 2. The van der Waals surface area contributed by atoms with Crippen LogP contribution in [0.25, 0.3) is 0 Å². The van der Waals surface area contributed by atoms with Gasteiger partial charge in [0.2, 0.25) is 22.7 Å². The van der Waals surface area contributed by atoms with Crippen LogP contribution in [-0.2, 0) is 26.2 Å². The molecule has 38 heavy (non-hydrogen) atoms. The van der Waals surface area contributed by atoms with Crippen LogP contribution in [0.3, 0.4) is 0 Å². The van der Waals surface area contributed by atoms with E-state index in [2.05, 4.69) is 4.72 Å². The second-order valence-corrected chi connectivity index (χ2v) is 11.6. The van der Waals surface area contributed by atoms with Crippen LogP contribution in [0.15, 0.2) is 12.1 Å². The smallest absolute Gasteiger partial charge is 0.308 e. The van der Waals surface area contributed by atoms with Gasteiger partial charge in [0.25, 0.3) is 0 Å². The SMILES string of the molecule is CCCCN(CCCO)C(=O)CN1C[C@H](c2cc(CO)c3c(c2)OCO3)[C@@H](C(=O)O)[C@@H]1CCNS(C)(=O)=O. The lowest BCUT2D eigenvalue weighted by Gasteiger charge is -2.29. The maximum Gasteiger partial charge on any atom is 0.308 e. The fraction of sp³-hybridized carbons (Fsp3) is 0.680. The van der Waals surface area contributed by atoms with E-state index in [0.717, 1.165) is 19.1 Å². The molecule has 0 aliphatic carbocycles. The van der Waals surface area contributed by atoms with Crippen LogP contribution in [-0.4, -0.2) is 104 Å². The number of unbranched alkanes of at least 4 members (excludes halogenated alkanes) is 1. The van der Waals surface area contributed by atoms with Gasteiger partial charge in [0.05, 0.1) is 25.3 Å². The summed E-state index contributed by atoms with van der Waals surface area (Å²) >= 11 is 0. The van der Waals surface area contributed by atoms with Gasteiger partial charge in [-0.3, -0.25) is 14.5 Å². The minimum absolute atomic E-state index is 0.000655. The van der Waals surface area contributed by atoms with Crippen molar-refractivity contribution in [2.24, 2.45) is 5.92 Å². The summed E-state index contributed by atoms with van der Waals surface area (Å²) in [5.41, 5.74) is 1.13. The maximum absolute atomic E-state index is 13.3. The van der Waals surface area contributed by atoms with Crippen LogP contribution in [0.1, 0.15) is 49.7 Å². The molecule has 1 fully saturated rings. The highest BCUT2D eigenvalue weighted by atomic mass is 32.2. The Labute approximate surface area is 223 Å². The zero-order chi connectivity index (χ0) is 27.9. The molecule has 214 valence electrons. The second kappa shape index (κ2) is 13.6. The van der Waals surface area contributed by atoms with Crippen LogP contribution in [0.2, 0.25) is 0 Å². The van der Waals surface area contributed by atoms with Crippen molar-refractivity contribution >= 4 is 21.9 Å². The number of carboxylic acids is 1. The first-order valence-electron chi connectivity index (χ1n) is 12.9. The molecule has 4 N–H and O–H groups in total. The first kappa shape index (κ1) is 30.1. The number of benzene rings is 1. The van der Waals surface area contributed by atoms with Crippen molar-refractivity contribution in [1.29, 1.82) is 0 Å². The van der Waals surface area contributed by atoms with Gasteiger partial charge in [0.1, 0.15) is 0 Å². The molecule has 0 saturated carbocycles. The number of nitrogens with one attached hydrogen (secondary N) is 1. The number of carbonyl (C=O) groups is 2. The predicted molar refractivity (Wildman–Crippen MR) is 138 cm³/mol. The number of hydrogen-bond donors (Lipinski definition) is 4. The predicted octanol–water partition coefficient (Wildman–Crippen LogP) is 0.327. The standard InChI is InChI=1S/C25H39N3O9S/c1-3-4-8-27(9-5-10-29)22(31)14-28-13-19(17-11-18(15-30)24-21(12-17)36-16-37-24)23(25(32)33)20(28)6-7-26-38(2,34)35/h11-12,19-20,23,26,29-30H,3-10,13-16H2,1-2H3,(H,32,33)/t19-,20+,23-/m1/s1. The molecule has 0 radical (unpaired) electrons. The summed E-state index contributed by atoms with van der Waals surface area (Å²) in [5, 5.41) is 29.4. The third kappa shape index (κ3) is 7.56. The Hall–Kier alpha value is -2.45. The average molecular weight is 558 g/mol. The summed E-state index contributed by atoms with van der Waals surface area (Å²) in [6, 6.07) is 2.80. The van der Waals surface area contributed by atoms with Crippen LogP contribution in [0.4, 0.5) is 0 Å². The monoisotopic (exact) mass is 557 g/mol. The Morgan fingerprint density at radius 3 is 2.55 bits per heavy atom. The van der Waals surface area contributed by atoms with Crippen LogP contribution in [0, 0.1) is 5.92 Å². The van der Waals surface area contributed by atoms with Crippen molar-refractivity contribution in [3.63, 3.8) is 0 Å². The van der Waals surface area contributed by atoms with Crippen LogP contribution >= 0.6 is 0 Å². The summed E-state index contributed by atoms with van der Waals surface area (Å²) in [6.07, 6.45) is 3.37. The Bertz CT molecular complexity index is 1070. The minimum Gasteiger partial charge on any atom is -0.481 e. The van der Waals surface area contributed by atoms with E-state index in [-0.39, 0.29) is 52.0 Å². The number of aliphatic hydroxyl groups excluding tert-OH is 2. The lowest BCUT2D eigenvalue weighted by molar-refractivity contribution is -0.143. The van der Waals surface area contributed by atoms with Gasteiger partial charge in [-0.05, 0) is 37.0 Å². The molecule has 0 aromatic heterocycles. The van der Waals surface area contributed by atoms with Gasteiger partial charge in [-0.15, -0.1) is 0 Å². The Morgan fingerprint density at radius 1 is 1.18 bits per heavy atom. The van der Waals surface area contributed by atoms with Crippen molar-refractivity contribution < 1.29 is 42.8 Å². The third-order valence-corrected chi connectivity index (χ3v) is 7.80. The lowest BCUT2D eigenvalue weighted by atomic mass is 9.83. The van der Waals surface area contributed by atoms with Gasteiger partial charge in [-0.2, -0.15) is 0 Å². The van der Waals surface area contributed by atoms with E-state index < -0.39 is 33.9 Å². The molecular weight excluding hydrogens is 518 g/mol. The molecule has 2 heterocycles. The van der Waals surface area contributed by atoms with Crippen LogP contribution in [0.5, 0.6) is 11.5 Å². The van der Waals surface area contributed by atoms with E-state index in [1.54, 1.807) is 17.0 Å². The summed E-state index contributed by atoms with van der Waals surface area (Å²) in [6.45, 7) is 2.85. The topological polar surface area (TPSA) is 166 Å². The summed E-state index contributed by atoms with van der Waals surface area (Å²) < 4.78 is 36.7. The van der Waals surface area contributed by atoms with Gasteiger partial charge in [0.15, 0.2) is 11.5 Å². The highest BCUT2D eigenvalue weighted by Gasteiger charge is 2.47. The normalized spacial score (nSPS) is 21.1. The molecule has 0 bridgehead atoms. The Morgan fingerprint density at radius 2 is 1.92 bits per heavy atom. The van der Waals surface area contributed by atoms with E-state index in [1.165, 1.54) is 0 Å². The number of aliphatic hydroxyl groups is 2. The molecule has 1 aromatic rings. The number of fused-ring (bicyclic) bond motifs is 1. The molecule has 2 aliphatic heterocycles. The lowest BCUT2D eigenvalue weighted by Crippen LogP contribution is -2.45.